The summed E-state index contributed by atoms with van der Waals surface area (Å²) in [4.78, 5) is 31.2. The van der Waals surface area contributed by atoms with Crippen molar-refractivity contribution in [2.75, 3.05) is 37.0 Å². The van der Waals surface area contributed by atoms with Crippen molar-refractivity contribution >= 4 is 22.1 Å². The molecule has 22 heavy (non-hydrogen) atoms. The van der Waals surface area contributed by atoms with Gasteiger partial charge >= 0.3 is 35.6 Å². The Morgan fingerprint density at radius 2 is 0.591 bits per heavy atom. The van der Waals surface area contributed by atoms with Crippen molar-refractivity contribution in [2.45, 2.75) is 41.5 Å². The van der Waals surface area contributed by atoms with Crippen LogP contribution in [0.2, 0.25) is 0 Å². The standard InChI is InChI=1S/3C4H11O2P.La/c3*1-3-7(5,6)4-2;/h3*3-4H2,1-2H3,(H,5,6);/q;;;+3/p-3. The van der Waals surface area contributed by atoms with Crippen molar-refractivity contribution in [3.63, 3.8) is 0 Å². The van der Waals surface area contributed by atoms with E-state index < -0.39 is 22.1 Å². The Labute approximate surface area is 163 Å². The zero-order valence-corrected chi connectivity index (χ0v) is 20.9. The van der Waals surface area contributed by atoms with Crippen LogP contribution >= 0.6 is 22.1 Å². The summed E-state index contributed by atoms with van der Waals surface area (Å²) in [6.07, 6.45) is 1.77. The van der Waals surface area contributed by atoms with E-state index in [4.69, 9.17) is 0 Å². The monoisotopic (exact) mass is 502 g/mol. The van der Waals surface area contributed by atoms with Gasteiger partial charge in [-0.05, 0) is 37.0 Å². The number of hydrogen-bond donors (Lipinski definition) is 0. The van der Waals surface area contributed by atoms with Gasteiger partial charge in [0.1, 0.15) is 0 Å². The third-order valence-electron chi connectivity index (χ3n) is 2.89. The van der Waals surface area contributed by atoms with Gasteiger partial charge in [-0.15, -0.1) is 0 Å². The average molecular weight is 502 g/mol. The van der Waals surface area contributed by atoms with E-state index in [1.165, 1.54) is 0 Å². The molecule has 0 aliphatic rings. The van der Waals surface area contributed by atoms with Crippen LogP contribution in [0.4, 0.5) is 0 Å². The molecule has 0 aliphatic carbocycles. The molecule has 6 nitrogen and oxygen atoms in total. The second-order valence-corrected chi connectivity index (χ2v) is 13.0. The van der Waals surface area contributed by atoms with Crippen LogP contribution in [0.15, 0.2) is 0 Å². The fourth-order valence-corrected chi connectivity index (χ4v) is 2.01. The molecular weight excluding hydrogens is 472 g/mol. The van der Waals surface area contributed by atoms with Crippen LogP contribution in [0.3, 0.4) is 0 Å². The molecule has 0 rings (SSSR count). The molecule has 0 saturated carbocycles. The molecule has 0 amide bonds. The van der Waals surface area contributed by atoms with Crippen LogP contribution in [-0.4, -0.2) is 37.0 Å². The molecule has 0 heterocycles. The molecule has 0 bridgehead atoms. The SMILES string of the molecule is CCP(=O)([O-])CC.CCP(=O)([O-])CC.CCP(=O)([O-])CC.[La+3]. The van der Waals surface area contributed by atoms with E-state index in [1.807, 2.05) is 0 Å². The van der Waals surface area contributed by atoms with Crippen molar-refractivity contribution in [1.29, 1.82) is 0 Å². The van der Waals surface area contributed by atoms with Crippen LogP contribution in [0, 0.1) is 35.6 Å². The van der Waals surface area contributed by atoms with Gasteiger partial charge in [0.15, 0.2) is 0 Å². The molecule has 0 atom stereocenters. The van der Waals surface area contributed by atoms with Gasteiger partial charge in [0.2, 0.25) is 0 Å². The normalized spacial score (nSPS) is 11.3. The van der Waals surface area contributed by atoms with Crippen molar-refractivity contribution < 1.29 is 64.0 Å². The van der Waals surface area contributed by atoms with Crippen molar-refractivity contribution in [3.05, 3.63) is 0 Å². The van der Waals surface area contributed by atoms with Crippen LogP contribution in [0.1, 0.15) is 41.5 Å². The molecular formula is C12H30LaO6P3. The van der Waals surface area contributed by atoms with Gasteiger partial charge in [-0.2, -0.15) is 0 Å². The number of rotatable bonds is 6. The summed E-state index contributed by atoms with van der Waals surface area (Å²) in [5.41, 5.74) is 0. The minimum absolute atomic E-state index is 0. The third kappa shape index (κ3) is 24.0. The Balaban J connectivity index is -0.000000108. The first kappa shape index (κ1) is 31.5. The average Bonchev–Trinajstić information content (AvgIpc) is 2.48. The zero-order chi connectivity index (χ0) is 17.7. The van der Waals surface area contributed by atoms with Gasteiger partial charge in [-0.3, -0.25) is 0 Å². The molecule has 0 N–H and O–H groups in total. The summed E-state index contributed by atoms with van der Waals surface area (Å²) in [5, 5.41) is 0. The van der Waals surface area contributed by atoms with Gasteiger partial charge in [0.25, 0.3) is 0 Å². The second kappa shape index (κ2) is 16.2. The van der Waals surface area contributed by atoms with E-state index in [2.05, 4.69) is 0 Å². The second-order valence-electron chi connectivity index (χ2n) is 4.34. The fraction of sp³-hybridized carbons (Fsp3) is 1.00. The fourth-order valence-electron chi connectivity index (χ4n) is 0.671. The third-order valence-corrected chi connectivity index (χ3v) is 8.67. The molecule has 0 spiro atoms. The van der Waals surface area contributed by atoms with E-state index in [0.717, 1.165) is 0 Å². The maximum Gasteiger partial charge on any atom is 3.00 e. The molecule has 132 valence electrons. The summed E-state index contributed by atoms with van der Waals surface area (Å²) in [5.74, 6) is 0. The van der Waals surface area contributed by atoms with Crippen LogP contribution in [0.25, 0.3) is 0 Å². The summed E-state index contributed by atoms with van der Waals surface area (Å²) >= 11 is 0. The molecule has 0 aromatic carbocycles. The summed E-state index contributed by atoms with van der Waals surface area (Å²) in [6, 6.07) is 0. The topological polar surface area (TPSA) is 120 Å². The molecule has 0 aromatic heterocycles. The van der Waals surface area contributed by atoms with Gasteiger partial charge in [-0.1, -0.05) is 41.5 Å². The van der Waals surface area contributed by atoms with Gasteiger partial charge in [0, 0.05) is 22.1 Å². The Morgan fingerprint density at radius 1 is 0.500 bits per heavy atom. The predicted molar refractivity (Wildman–Crippen MR) is 86.1 cm³/mol. The predicted octanol–water partition coefficient (Wildman–Crippen LogP) is 1.99. The van der Waals surface area contributed by atoms with Crippen LogP contribution in [-0.2, 0) is 13.7 Å². The van der Waals surface area contributed by atoms with Crippen molar-refractivity contribution in [1.82, 2.24) is 0 Å². The molecule has 0 fully saturated rings. The van der Waals surface area contributed by atoms with E-state index >= 15 is 0 Å². The Morgan fingerprint density at radius 3 is 0.591 bits per heavy atom. The minimum Gasteiger partial charge on any atom is -0.799 e. The molecule has 0 radical (unpaired) electrons. The first-order chi connectivity index (χ1) is 9.36. The summed E-state index contributed by atoms with van der Waals surface area (Å²) in [6.45, 7) is 9.98. The Hall–Kier alpha value is 1.76. The molecule has 0 unspecified atom stereocenters. The largest absolute Gasteiger partial charge is 3.00 e. The van der Waals surface area contributed by atoms with E-state index in [1.54, 1.807) is 41.5 Å². The van der Waals surface area contributed by atoms with Crippen LogP contribution in [0.5, 0.6) is 0 Å². The molecule has 10 heteroatoms. The Bertz CT molecular complexity index is 308. The van der Waals surface area contributed by atoms with Gasteiger partial charge in [-0.25, -0.2) is 0 Å². The maximum absolute atomic E-state index is 10.4. The first-order valence-corrected chi connectivity index (χ1v) is 13.2. The summed E-state index contributed by atoms with van der Waals surface area (Å²) < 4.78 is 31.2. The molecule has 0 aromatic rings. The molecule has 0 aliphatic heterocycles. The quantitative estimate of drug-likeness (QED) is 0.513. The summed E-state index contributed by atoms with van der Waals surface area (Å²) in [7, 11) is -8.71. The van der Waals surface area contributed by atoms with E-state index in [9.17, 15) is 28.4 Å². The zero-order valence-electron chi connectivity index (χ0n) is 14.6. The maximum atomic E-state index is 10.4. The van der Waals surface area contributed by atoms with Gasteiger partial charge < -0.3 is 28.4 Å². The van der Waals surface area contributed by atoms with Crippen molar-refractivity contribution in [3.8, 4) is 0 Å². The molecule has 0 saturated heterocycles. The van der Waals surface area contributed by atoms with Crippen molar-refractivity contribution in [2.24, 2.45) is 0 Å². The van der Waals surface area contributed by atoms with Gasteiger partial charge in [0.05, 0.1) is 0 Å². The Kier molecular flexibility index (Phi) is 23.3. The van der Waals surface area contributed by atoms with E-state index in [0.29, 0.717) is 37.0 Å². The van der Waals surface area contributed by atoms with E-state index in [-0.39, 0.29) is 35.6 Å². The van der Waals surface area contributed by atoms with Crippen LogP contribution < -0.4 is 14.7 Å². The minimum atomic E-state index is -2.90. The number of hydrogen-bond acceptors (Lipinski definition) is 6. The smallest absolute Gasteiger partial charge is 0.799 e. The first-order valence-electron chi connectivity index (χ1n) is 7.24.